The van der Waals surface area contributed by atoms with Crippen LogP contribution in [0.5, 0.6) is 0 Å². The van der Waals surface area contributed by atoms with Crippen LogP contribution in [-0.4, -0.2) is 12.8 Å². The highest BCUT2D eigenvalue weighted by atomic mass is 19.3. The largest absolute Gasteiger partial charge is 0.725 e. The second kappa shape index (κ2) is 9.46. The van der Waals surface area contributed by atoms with Gasteiger partial charge in [-0.15, -0.1) is 0 Å². The van der Waals surface area contributed by atoms with Crippen LogP contribution in [0.15, 0.2) is 120 Å². The second-order valence-electron chi connectivity index (χ2n) is 9.02. The van der Waals surface area contributed by atoms with Crippen molar-refractivity contribution in [2.45, 2.75) is 20.8 Å². The van der Waals surface area contributed by atoms with Gasteiger partial charge in [0, 0.05) is 53.1 Å². The third-order valence-electron chi connectivity index (χ3n) is 6.16. The van der Waals surface area contributed by atoms with Crippen LogP contribution in [0.1, 0.15) is 23.6 Å². The lowest BCUT2D eigenvalue weighted by atomic mass is 9.97. The predicted octanol–water partition coefficient (Wildman–Crippen LogP) is 7.81. The Hall–Kier alpha value is -4.19. The Morgan fingerprint density at radius 3 is 1.81 bits per heavy atom. The monoisotopic (exact) mass is 481 g/mol. The van der Waals surface area contributed by atoms with E-state index in [0.29, 0.717) is 11.1 Å². The zero-order chi connectivity index (χ0) is 25.3. The lowest BCUT2D eigenvalue weighted by molar-refractivity contribution is 0.172. The molecule has 5 rings (SSSR count). The summed E-state index contributed by atoms with van der Waals surface area (Å²) >= 11 is 0. The smallest absolute Gasteiger partial charge is 0.627 e. The molecule has 0 saturated carbocycles. The van der Waals surface area contributed by atoms with Crippen LogP contribution in [0.3, 0.4) is 0 Å². The van der Waals surface area contributed by atoms with Crippen LogP contribution in [0.4, 0.5) is 20.0 Å². The molecule has 2 aliphatic rings. The Balaban J connectivity index is 1.62. The third kappa shape index (κ3) is 4.94. The summed E-state index contributed by atoms with van der Waals surface area (Å²) in [5.74, 6) is 0.168. The predicted molar refractivity (Wildman–Crippen MR) is 143 cm³/mol. The molecule has 0 spiro atoms. The van der Waals surface area contributed by atoms with Crippen LogP contribution in [0.25, 0.3) is 5.76 Å². The van der Waals surface area contributed by atoms with Crippen molar-refractivity contribution >= 4 is 30.0 Å². The molecule has 6 heteroatoms. The van der Waals surface area contributed by atoms with Crippen molar-refractivity contribution in [3.05, 3.63) is 137 Å². The maximum atomic E-state index is 14.4. The number of nitrogens with zero attached hydrogens (tertiary/aromatic N) is 1. The lowest BCUT2D eigenvalue weighted by Crippen LogP contribution is -2.34. The van der Waals surface area contributed by atoms with Crippen LogP contribution < -0.4 is 4.58 Å². The maximum Gasteiger partial charge on any atom is 0.725 e. The summed E-state index contributed by atoms with van der Waals surface area (Å²) in [7, 11) is -4.49. The van der Waals surface area contributed by atoms with Crippen molar-refractivity contribution in [2.75, 3.05) is 0 Å². The van der Waals surface area contributed by atoms with Crippen LogP contribution >= 0.6 is 0 Å². The van der Waals surface area contributed by atoms with Gasteiger partial charge in [0.25, 0.3) is 0 Å². The SMILES string of the molecule is CC1=CC(=C2C=C(c3ccccc3)O[B-](F)(F)O2)C=CC1=[N+](c1ccc(C)cc1)c1ccc(C)cc1. The fourth-order valence-electron chi connectivity index (χ4n) is 4.29. The molecule has 180 valence electrons. The molecule has 0 atom stereocenters. The summed E-state index contributed by atoms with van der Waals surface area (Å²) in [5, 5.41) is 0. The first-order valence-electron chi connectivity index (χ1n) is 11.9. The van der Waals surface area contributed by atoms with Gasteiger partial charge in [0.05, 0.1) is 11.5 Å². The van der Waals surface area contributed by atoms with Crippen LogP contribution in [0, 0.1) is 13.8 Å². The first kappa shape index (κ1) is 23.6. The molecule has 1 heterocycles. The number of halogens is 2. The van der Waals surface area contributed by atoms with E-state index in [-0.39, 0.29) is 11.5 Å². The van der Waals surface area contributed by atoms with Gasteiger partial charge in [0.15, 0.2) is 0 Å². The van der Waals surface area contributed by atoms with Gasteiger partial charge in [-0.3, -0.25) is 0 Å². The van der Waals surface area contributed by atoms with Gasteiger partial charge in [-0.05, 0) is 32.9 Å². The van der Waals surface area contributed by atoms with E-state index in [1.807, 2.05) is 31.2 Å². The van der Waals surface area contributed by atoms with Gasteiger partial charge < -0.3 is 17.9 Å². The molecule has 0 radical (unpaired) electrons. The van der Waals surface area contributed by atoms with Gasteiger partial charge in [0.1, 0.15) is 0 Å². The standard InChI is InChI=1S/C30H26BF2NO2/c1-21-9-14-26(15-10-21)34(27-16-11-22(2)12-17-27)28-18-13-25(19-23(28)3)30-20-29(35-31(32,33)36-30)24-7-5-4-6-8-24/h4-20H,1-3H3. The van der Waals surface area contributed by atoms with E-state index in [1.165, 1.54) is 17.2 Å². The summed E-state index contributed by atoms with van der Waals surface area (Å²) in [6, 6.07) is 25.5. The quantitative estimate of drug-likeness (QED) is 0.281. The molecule has 1 aliphatic carbocycles. The van der Waals surface area contributed by atoms with E-state index in [4.69, 9.17) is 9.31 Å². The van der Waals surface area contributed by atoms with E-state index in [1.54, 1.807) is 24.3 Å². The number of allylic oxidation sites excluding steroid dienone is 6. The Kier molecular flexibility index (Phi) is 6.19. The molecule has 0 N–H and O–H groups in total. The van der Waals surface area contributed by atoms with Crippen molar-refractivity contribution in [3.63, 3.8) is 0 Å². The molecule has 3 aromatic carbocycles. The van der Waals surface area contributed by atoms with Crippen molar-refractivity contribution < 1.29 is 17.9 Å². The Morgan fingerprint density at radius 1 is 0.667 bits per heavy atom. The minimum Gasteiger partial charge on any atom is -0.627 e. The van der Waals surface area contributed by atoms with Gasteiger partial charge >= 0.3 is 7.11 Å². The van der Waals surface area contributed by atoms with Crippen molar-refractivity contribution in [1.29, 1.82) is 0 Å². The summed E-state index contributed by atoms with van der Waals surface area (Å²) in [6.07, 6.45) is 7.15. The van der Waals surface area contributed by atoms with E-state index in [9.17, 15) is 8.63 Å². The van der Waals surface area contributed by atoms with Crippen LogP contribution in [-0.2, 0) is 9.31 Å². The van der Waals surface area contributed by atoms with Gasteiger partial charge in [-0.1, -0.05) is 65.7 Å². The Bertz CT molecular complexity index is 1400. The van der Waals surface area contributed by atoms with E-state index in [2.05, 4.69) is 67.0 Å². The minimum atomic E-state index is -4.49. The number of rotatable bonds is 3. The Morgan fingerprint density at radius 2 is 1.25 bits per heavy atom. The fraction of sp³-hybridized carbons (Fsp3) is 0.100. The summed E-state index contributed by atoms with van der Waals surface area (Å²) in [4.78, 5) is 0. The minimum absolute atomic E-state index is 0.0805. The molecule has 0 amide bonds. The summed E-state index contributed by atoms with van der Waals surface area (Å²) < 4.78 is 40.9. The number of aryl methyl sites for hydroxylation is 2. The lowest BCUT2D eigenvalue weighted by Gasteiger charge is -2.35. The highest BCUT2D eigenvalue weighted by Gasteiger charge is 2.38. The molecule has 1 aliphatic heterocycles. The molecular weight excluding hydrogens is 455 g/mol. The zero-order valence-electron chi connectivity index (χ0n) is 20.4. The van der Waals surface area contributed by atoms with Crippen molar-refractivity contribution in [1.82, 2.24) is 4.58 Å². The summed E-state index contributed by atoms with van der Waals surface area (Å²) in [6.45, 7) is 6.08. The third-order valence-corrected chi connectivity index (χ3v) is 6.16. The molecule has 0 unspecified atom stereocenters. The normalized spacial score (nSPS) is 18.6. The van der Waals surface area contributed by atoms with Gasteiger partial charge in [0.2, 0.25) is 17.1 Å². The van der Waals surface area contributed by atoms with Gasteiger partial charge in [-0.25, -0.2) is 0 Å². The zero-order valence-corrected chi connectivity index (χ0v) is 20.4. The Labute approximate surface area is 210 Å². The average Bonchev–Trinajstić information content (AvgIpc) is 2.87. The highest BCUT2D eigenvalue weighted by molar-refractivity contribution is 6.53. The molecule has 0 bridgehead atoms. The average molecular weight is 481 g/mol. The molecular formula is C30H26BF2NO2. The molecule has 0 aromatic heterocycles. The first-order valence-corrected chi connectivity index (χ1v) is 11.9. The number of hydrogen-bond acceptors (Lipinski definition) is 2. The topological polar surface area (TPSA) is 21.5 Å². The van der Waals surface area contributed by atoms with E-state index >= 15 is 0 Å². The number of hydrogen-bond donors (Lipinski definition) is 0. The molecule has 36 heavy (non-hydrogen) atoms. The fourth-order valence-corrected chi connectivity index (χ4v) is 4.29. The maximum absolute atomic E-state index is 14.4. The number of benzene rings is 3. The van der Waals surface area contributed by atoms with Crippen LogP contribution in [0.2, 0.25) is 0 Å². The molecule has 0 saturated heterocycles. The van der Waals surface area contributed by atoms with Crippen molar-refractivity contribution in [3.8, 4) is 0 Å². The highest BCUT2D eigenvalue weighted by Crippen LogP contribution is 2.35. The molecule has 3 nitrogen and oxygen atoms in total. The molecule has 3 aromatic rings. The molecule has 0 fully saturated rings. The van der Waals surface area contributed by atoms with Crippen molar-refractivity contribution in [2.24, 2.45) is 0 Å². The van der Waals surface area contributed by atoms with E-state index < -0.39 is 7.11 Å². The van der Waals surface area contributed by atoms with E-state index in [0.717, 1.165) is 22.7 Å². The van der Waals surface area contributed by atoms with Gasteiger partial charge in [-0.2, -0.15) is 4.58 Å². The first-order chi connectivity index (χ1) is 17.3. The summed E-state index contributed by atoms with van der Waals surface area (Å²) in [5.41, 5.74) is 7.36. The second-order valence-corrected chi connectivity index (χ2v) is 9.02.